The summed E-state index contributed by atoms with van der Waals surface area (Å²) in [4.78, 5) is 10.9. The smallest absolute Gasteiger partial charge is 0.335 e. The van der Waals surface area contributed by atoms with Gasteiger partial charge in [-0.2, -0.15) is 5.10 Å². The third-order valence-electron chi connectivity index (χ3n) is 3.64. The van der Waals surface area contributed by atoms with Crippen LogP contribution in [0.5, 0.6) is 5.75 Å². The number of carboxylic acids is 1. The predicted molar refractivity (Wildman–Crippen MR) is 91.5 cm³/mol. The van der Waals surface area contributed by atoms with Crippen LogP contribution >= 0.6 is 0 Å². The van der Waals surface area contributed by atoms with E-state index in [4.69, 9.17) is 9.84 Å². The third-order valence-corrected chi connectivity index (χ3v) is 5.12. The van der Waals surface area contributed by atoms with Crippen molar-refractivity contribution >= 4 is 16.0 Å². The van der Waals surface area contributed by atoms with Gasteiger partial charge in [-0.1, -0.05) is 0 Å². The van der Waals surface area contributed by atoms with Gasteiger partial charge in [0.1, 0.15) is 10.6 Å². The highest BCUT2D eigenvalue weighted by Crippen LogP contribution is 2.24. The van der Waals surface area contributed by atoms with Gasteiger partial charge in [0.2, 0.25) is 10.0 Å². The van der Waals surface area contributed by atoms with E-state index in [1.54, 1.807) is 0 Å². The summed E-state index contributed by atoms with van der Waals surface area (Å²) >= 11 is 0. The quantitative estimate of drug-likeness (QED) is 0.685. The number of carboxylic acid groups (broad SMARTS) is 1. The number of ether oxygens (including phenoxy) is 1. The molecule has 1 heterocycles. The number of methoxy groups -OCH3 is 1. The van der Waals surface area contributed by atoms with Crippen LogP contribution in [-0.4, -0.2) is 42.9 Å². The molecule has 2 aromatic rings. The molecule has 2 rings (SSSR count). The van der Waals surface area contributed by atoms with Gasteiger partial charge in [0.05, 0.1) is 18.4 Å². The highest BCUT2D eigenvalue weighted by atomic mass is 32.2. The van der Waals surface area contributed by atoms with Gasteiger partial charge in [0.25, 0.3) is 0 Å². The summed E-state index contributed by atoms with van der Waals surface area (Å²) in [6.45, 7) is 4.61. The molecule has 0 fully saturated rings. The molecule has 0 spiro atoms. The number of hydrogen-bond donors (Lipinski definition) is 2. The molecule has 0 radical (unpaired) electrons. The van der Waals surface area contributed by atoms with Crippen molar-refractivity contribution in [1.82, 2.24) is 14.5 Å². The van der Waals surface area contributed by atoms with Gasteiger partial charge in [0, 0.05) is 18.8 Å². The summed E-state index contributed by atoms with van der Waals surface area (Å²) in [5.41, 5.74) is 1.80. The molecule has 136 valence electrons. The summed E-state index contributed by atoms with van der Waals surface area (Å²) in [6.07, 6.45) is 0.544. The van der Waals surface area contributed by atoms with Crippen molar-refractivity contribution in [2.24, 2.45) is 0 Å². The van der Waals surface area contributed by atoms with Crippen LogP contribution in [0.3, 0.4) is 0 Å². The number of hydrogen-bond acceptors (Lipinski definition) is 5. The van der Waals surface area contributed by atoms with Gasteiger partial charge in [-0.3, -0.25) is 4.68 Å². The first kappa shape index (κ1) is 18.9. The van der Waals surface area contributed by atoms with Crippen LogP contribution < -0.4 is 9.46 Å². The number of aromatic carboxylic acids is 1. The molecular formula is C16H21N3O5S. The number of aromatic nitrogens is 2. The molecule has 0 saturated carbocycles. The Labute approximate surface area is 146 Å². The molecule has 8 nitrogen and oxygen atoms in total. The Morgan fingerprint density at radius 1 is 1.32 bits per heavy atom. The fourth-order valence-electron chi connectivity index (χ4n) is 2.43. The third kappa shape index (κ3) is 4.58. The van der Waals surface area contributed by atoms with Crippen LogP contribution in [-0.2, 0) is 16.6 Å². The van der Waals surface area contributed by atoms with Gasteiger partial charge in [0.15, 0.2) is 0 Å². The van der Waals surface area contributed by atoms with Gasteiger partial charge in [-0.05, 0) is 44.5 Å². The molecule has 0 atom stereocenters. The first-order valence-corrected chi connectivity index (χ1v) is 9.15. The fraction of sp³-hybridized carbons (Fsp3) is 0.375. The van der Waals surface area contributed by atoms with Gasteiger partial charge in [-0.25, -0.2) is 17.9 Å². The average molecular weight is 367 g/mol. The van der Waals surface area contributed by atoms with E-state index in [9.17, 15) is 13.2 Å². The van der Waals surface area contributed by atoms with E-state index in [1.165, 1.54) is 19.2 Å². The minimum Gasteiger partial charge on any atom is -0.495 e. The zero-order valence-electron chi connectivity index (χ0n) is 14.3. The highest BCUT2D eigenvalue weighted by Gasteiger charge is 2.21. The largest absolute Gasteiger partial charge is 0.495 e. The average Bonchev–Trinajstić information content (AvgIpc) is 2.88. The second kappa shape index (κ2) is 7.66. The topological polar surface area (TPSA) is 111 Å². The van der Waals surface area contributed by atoms with E-state index in [-0.39, 0.29) is 22.8 Å². The van der Waals surface area contributed by atoms with E-state index in [2.05, 4.69) is 9.82 Å². The molecule has 0 aliphatic carbocycles. The zero-order valence-corrected chi connectivity index (χ0v) is 15.1. The Hall–Kier alpha value is -2.39. The molecule has 1 aromatic heterocycles. The maximum absolute atomic E-state index is 12.5. The van der Waals surface area contributed by atoms with Crippen molar-refractivity contribution in [1.29, 1.82) is 0 Å². The molecular weight excluding hydrogens is 346 g/mol. The number of carbonyl (C=O) groups is 1. The number of sulfonamides is 1. The summed E-state index contributed by atoms with van der Waals surface area (Å²) < 4.78 is 34.2. The van der Waals surface area contributed by atoms with Crippen LogP contribution in [0.2, 0.25) is 0 Å². The van der Waals surface area contributed by atoms with Crippen LogP contribution in [0, 0.1) is 13.8 Å². The second-order valence-corrected chi connectivity index (χ2v) is 7.31. The Balaban J connectivity index is 2.07. The molecule has 0 saturated heterocycles. The van der Waals surface area contributed by atoms with Crippen molar-refractivity contribution in [3.8, 4) is 5.75 Å². The van der Waals surface area contributed by atoms with E-state index in [0.717, 1.165) is 17.5 Å². The lowest BCUT2D eigenvalue weighted by molar-refractivity contribution is 0.0696. The van der Waals surface area contributed by atoms with Gasteiger partial charge in [-0.15, -0.1) is 0 Å². The summed E-state index contributed by atoms with van der Waals surface area (Å²) in [5, 5.41) is 13.4. The first-order valence-electron chi connectivity index (χ1n) is 7.66. The Morgan fingerprint density at radius 2 is 2.04 bits per heavy atom. The summed E-state index contributed by atoms with van der Waals surface area (Å²) in [6, 6.07) is 5.66. The summed E-state index contributed by atoms with van der Waals surface area (Å²) in [7, 11) is -2.56. The van der Waals surface area contributed by atoms with Crippen LogP contribution in [0.4, 0.5) is 0 Å². The number of aryl methyl sites for hydroxylation is 3. The van der Waals surface area contributed by atoms with Crippen molar-refractivity contribution in [2.45, 2.75) is 31.7 Å². The van der Waals surface area contributed by atoms with Crippen LogP contribution in [0.1, 0.15) is 28.2 Å². The van der Waals surface area contributed by atoms with Crippen molar-refractivity contribution in [2.75, 3.05) is 13.7 Å². The number of nitrogens with one attached hydrogen (secondary N) is 1. The minimum absolute atomic E-state index is 0.0936. The lowest BCUT2D eigenvalue weighted by Gasteiger charge is -2.12. The Kier molecular flexibility index (Phi) is 5.81. The van der Waals surface area contributed by atoms with Gasteiger partial charge < -0.3 is 9.84 Å². The normalized spacial score (nSPS) is 11.5. The minimum atomic E-state index is -3.89. The molecule has 9 heteroatoms. The molecule has 0 aliphatic rings. The molecule has 0 amide bonds. The van der Waals surface area contributed by atoms with Crippen molar-refractivity contribution in [3.63, 3.8) is 0 Å². The first-order chi connectivity index (χ1) is 11.7. The number of nitrogens with zero attached hydrogens (tertiary/aromatic N) is 2. The maximum atomic E-state index is 12.5. The van der Waals surface area contributed by atoms with E-state index < -0.39 is 16.0 Å². The maximum Gasteiger partial charge on any atom is 0.335 e. The van der Waals surface area contributed by atoms with E-state index >= 15 is 0 Å². The molecule has 0 unspecified atom stereocenters. The van der Waals surface area contributed by atoms with Crippen molar-refractivity contribution < 1.29 is 23.1 Å². The predicted octanol–water partition coefficient (Wildman–Crippen LogP) is 1.58. The number of benzene rings is 1. The van der Waals surface area contributed by atoms with Gasteiger partial charge >= 0.3 is 5.97 Å². The molecule has 2 N–H and O–H groups in total. The standard InChI is InChI=1S/C16H21N3O5S/c1-11-9-12(2)19(18-11)8-4-7-17-25(22,23)15-10-13(16(20)21)5-6-14(15)24-3/h5-6,9-10,17H,4,7-8H2,1-3H3,(H,20,21). The monoisotopic (exact) mass is 367 g/mol. The lowest BCUT2D eigenvalue weighted by atomic mass is 10.2. The number of rotatable bonds is 8. The Morgan fingerprint density at radius 3 is 2.60 bits per heavy atom. The SMILES string of the molecule is COc1ccc(C(=O)O)cc1S(=O)(=O)NCCCn1nc(C)cc1C. The summed E-state index contributed by atoms with van der Waals surface area (Å²) in [5.74, 6) is -1.11. The fourth-order valence-corrected chi connectivity index (χ4v) is 3.70. The van der Waals surface area contributed by atoms with Crippen molar-refractivity contribution in [3.05, 3.63) is 41.2 Å². The van der Waals surface area contributed by atoms with Crippen LogP contribution in [0.25, 0.3) is 0 Å². The molecule has 25 heavy (non-hydrogen) atoms. The molecule has 0 aliphatic heterocycles. The van der Waals surface area contributed by atoms with Crippen LogP contribution in [0.15, 0.2) is 29.2 Å². The van der Waals surface area contributed by atoms with E-state index in [0.29, 0.717) is 13.0 Å². The zero-order chi connectivity index (χ0) is 18.6. The Bertz CT molecular complexity index is 874. The van der Waals surface area contributed by atoms with E-state index in [1.807, 2.05) is 24.6 Å². The molecule has 1 aromatic carbocycles. The highest BCUT2D eigenvalue weighted by molar-refractivity contribution is 7.89. The second-order valence-electron chi connectivity index (χ2n) is 5.57. The molecule has 0 bridgehead atoms. The lowest BCUT2D eigenvalue weighted by Crippen LogP contribution is -2.26.